The van der Waals surface area contributed by atoms with E-state index in [1.807, 2.05) is 24.3 Å². The molecule has 3 aromatic rings. The lowest BCUT2D eigenvalue weighted by atomic mass is 9.98. The van der Waals surface area contributed by atoms with E-state index >= 15 is 0 Å². The number of hydrogen-bond donors (Lipinski definition) is 0. The summed E-state index contributed by atoms with van der Waals surface area (Å²) in [5.41, 5.74) is 3.02. The van der Waals surface area contributed by atoms with Crippen LogP contribution >= 0.6 is 23.2 Å². The number of fused-ring (bicyclic) bond motifs is 1. The maximum Gasteiger partial charge on any atom is 0.265 e. The lowest BCUT2D eigenvalue weighted by molar-refractivity contribution is -0.133. The minimum Gasteiger partial charge on any atom is -0.482 e. The van der Waals surface area contributed by atoms with E-state index in [0.717, 1.165) is 29.8 Å². The molecular formula is C31H34Cl2N4O6S. The Bertz CT molecular complexity index is 1650. The fraction of sp³-hybridized carbons (Fsp3) is 0.355. The fourth-order valence-electron chi connectivity index (χ4n) is 5.23. The number of hydrogen-bond acceptors (Lipinski definition) is 7. The zero-order valence-corrected chi connectivity index (χ0v) is 27.0. The van der Waals surface area contributed by atoms with Crippen molar-refractivity contribution in [1.82, 2.24) is 14.1 Å². The molecule has 1 fully saturated rings. The largest absolute Gasteiger partial charge is 0.482 e. The standard InChI is InChI=1S/C31H34Cl2N4O6S/c1-34(2)44(40,41)24-9-7-21(8-10-24)22-5-4-6-23(15-22)28(18-36-11-13-42-14-12-36)35(3)30(38)19-37-27-16-25(32)26(33)17-29(27)43-20-31(37)39/h4-10,15-17,28H,11-14,18-20H2,1-3H3. The summed E-state index contributed by atoms with van der Waals surface area (Å²) in [7, 11) is 1.18. The van der Waals surface area contributed by atoms with Crippen molar-refractivity contribution in [3.63, 3.8) is 0 Å². The number of anilines is 1. The molecule has 234 valence electrons. The Morgan fingerprint density at radius 1 is 0.955 bits per heavy atom. The summed E-state index contributed by atoms with van der Waals surface area (Å²) >= 11 is 12.4. The van der Waals surface area contributed by atoms with Crippen LogP contribution in [0.2, 0.25) is 10.0 Å². The van der Waals surface area contributed by atoms with Crippen LogP contribution in [0.4, 0.5) is 5.69 Å². The van der Waals surface area contributed by atoms with Gasteiger partial charge in [0.15, 0.2) is 6.61 Å². The molecule has 0 aliphatic carbocycles. The van der Waals surface area contributed by atoms with Gasteiger partial charge in [-0.15, -0.1) is 0 Å². The van der Waals surface area contributed by atoms with Crippen molar-refractivity contribution in [2.75, 3.05) is 72.0 Å². The topological polar surface area (TPSA) is 99.7 Å². The Hall–Kier alpha value is -3.19. The smallest absolute Gasteiger partial charge is 0.265 e. The number of ether oxygens (including phenoxy) is 2. The van der Waals surface area contributed by atoms with Crippen molar-refractivity contribution in [1.29, 1.82) is 0 Å². The number of likely N-dealkylation sites (N-methyl/N-ethyl adjacent to an activating group) is 1. The minimum absolute atomic E-state index is 0.204. The molecule has 5 rings (SSSR count). The van der Waals surface area contributed by atoms with Crippen LogP contribution in [0.1, 0.15) is 11.6 Å². The molecule has 0 spiro atoms. The van der Waals surface area contributed by atoms with Gasteiger partial charge in [-0.05, 0) is 41.0 Å². The van der Waals surface area contributed by atoms with Gasteiger partial charge in [0.1, 0.15) is 12.3 Å². The van der Waals surface area contributed by atoms with E-state index in [4.69, 9.17) is 32.7 Å². The van der Waals surface area contributed by atoms with Crippen molar-refractivity contribution < 1.29 is 27.5 Å². The van der Waals surface area contributed by atoms with E-state index in [1.54, 1.807) is 42.3 Å². The molecule has 0 saturated carbocycles. The summed E-state index contributed by atoms with van der Waals surface area (Å²) in [5.74, 6) is -0.236. The Morgan fingerprint density at radius 3 is 2.32 bits per heavy atom. The summed E-state index contributed by atoms with van der Waals surface area (Å²) in [6.07, 6.45) is 0. The molecular weight excluding hydrogens is 627 g/mol. The summed E-state index contributed by atoms with van der Waals surface area (Å²) in [4.78, 5) is 32.2. The molecule has 3 aromatic carbocycles. The molecule has 2 aliphatic heterocycles. The first-order chi connectivity index (χ1) is 21.0. The molecule has 44 heavy (non-hydrogen) atoms. The van der Waals surface area contributed by atoms with Gasteiger partial charge in [0.25, 0.3) is 5.91 Å². The molecule has 2 heterocycles. The molecule has 0 N–H and O–H groups in total. The minimum atomic E-state index is -3.55. The zero-order chi connectivity index (χ0) is 31.6. The Kier molecular flexibility index (Phi) is 9.83. The number of halogens is 2. The maximum atomic E-state index is 13.8. The van der Waals surface area contributed by atoms with E-state index in [2.05, 4.69) is 4.90 Å². The van der Waals surface area contributed by atoms with Crippen LogP contribution in [0.3, 0.4) is 0 Å². The van der Waals surface area contributed by atoms with Gasteiger partial charge >= 0.3 is 0 Å². The van der Waals surface area contributed by atoms with Crippen LogP contribution < -0.4 is 9.64 Å². The van der Waals surface area contributed by atoms with Crippen LogP contribution in [0, 0.1) is 0 Å². The summed E-state index contributed by atoms with van der Waals surface area (Å²) in [5, 5.41) is 0.548. The van der Waals surface area contributed by atoms with E-state index in [9.17, 15) is 18.0 Å². The van der Waals surface area contributed by atoms with Gasteiger partial charge in [-0.25, -0.2) is 12.7 Å². The summed E-state index contributed by atoms with van der Waals surface area (Å²) in [6.45, 7) is 2.82. The van der Waals surface area contributed by atoms with Crippen molar-refractivity contribution in [2.45, 2.75) is 10.9 Å². The average Bonchev–Trinajstić information content (AvgIpc) is 3.02. The molecule has 0 aromatic heterocycles. The van der Waals surface area contributed by atoms with Crippen molar-refractivity contribution >= 4 is 50.7 Å². The van der Waals surface area contributed by atoms with Gasteiger partial charge in [0.2, 0.25) is 15.9 Å². The third kappa shape index (κ3) is 6.88. The Morgan fingerprint density at radius 2 is 1.64 bits per heavy atom. The highest BCUT2D eigenvalue weighted by atomic mass is 35.5. The molecule has 1 unspecified atom stereocenters. The van der Waals surface area contributed by atoms with Crippen LogP contribution in [0.5, 0.6) is 5.75 Å². The van der Waals surface area contributed by atoms with E-state index in [0.29, 0.717) is 36.2 Å². The number of sulfonamides is 1. The van der Waals surface area contributed by atoms with E-state index in [-0.39, 0.29) is 40.9 Å². The highest BCUT2D eigenvalue weighted by Crippen LogP contribution is 2.39. The third-order valence-corrected chi connectivity index (χ3v) is 10.4. The third-order valence-electron chi connectivity index (χ3n) is 7.87. The first-order valence-electron chi connectivity index (χ1n) is 14.1. The normalized spacial score (nSPS) is 16.4. The first-order valence-corrected chi connectivity index (χ1v) is 16.3. The van der Waals surface area contributed by atoms with Crippen LogP contribution in [0.15, 0.2) is 65.6 Å². The molecule has 10 nitrogen and oxygen atoms in total. The Labute approximate surface area is 267 Å². The zero-order valence-electron chi connectivity index (χ0n) is 24.7. The molecule has 2 amide bonds. The van der Waals surface area contributed by atoms with Crippen molar-refractivity contribution in [2.24, 2.45) is 0 Å². The second-order valence-corrected chi connectivity index (χ2v) is 13.8. The number of rotatable bonds is 9. The number of carbonyl (C=O) groups is 2. The fourth-order valence-corrected chi connectivity index (χ4v) is 6.44. The maximum absolute atomic E-state index is 13.8. The van der Waals surface area contributed by atoms with Crippen molar-refractivity contribution in [3.05, 3.63) is 76.3 Å². The number of carbonyl (C=O) groups excluding carboxylic acids is 2. The van der Waals surface area contributed by atoms with Crippen LogP contribution in [-0.4, -0.2) is 101 Å². The van der Waals surface area contributed by atoms with Gasteiger partial charge in [-0.2, -0.15) is 0 Å². The highest BCUT2D eigenvalue weighted by Gasteiger charge is 2.32. The number of benzene rings is 3. The number of nitrogens with zero attached hydrogens (tertiary/aromatic N) is 4. The number of morpholine rings is 1. The summed E-state index contributed by atoms with van der Waals surface area (Å²) < 4.78 is 37.3. The van der Waals surface area contributed by atoms with Crippen molar-refractivity contribution in [3.8, 4) is 16.9 Å². The van der Waals surface area contributed by atoms with Gasteiger partial charge in [0, 0.05) is 46.8 Å². The van der Waals surface area contributed by atoms with Crippen LogP contribution in [-0.2, 0) is 24.3 Å². The lowest BCUT2D eigenvalue weighted by Gasteiger charge is -2.37. The van der Waals surface area contributed by atoms with Gasteiger partial charge in [-0.3, -0.25) is 19.4 Å². The van der Waals surface area contributed by atoms with E-state index in [1.165, 1.54) is 29.4 Å². The first kappa shape index (κ1) is 32.2. The second kappa shape index (κ2) is 13.4. The quantitative estimate of drug-likeness (QED) is 0.340. The molecule has 1 atom stereocenters. The number of amides is 2. The van der Waals surface area contributed by atoms with Crippen LogP contribution in [0.25, 0.3) is 11.1 Å². The van der Waals surface area contributed by atoms with Gasteiger partial charge in [-0.1, -0.05) is 53.5 Å². The predicted octanol–water partition coefficient (Wildman–Crippen LogP) is 4.17. The molecule has 1 saturated heterocycles. The van der Waals surface area contributed by atoms with Gasteiger partial charge < -0.3 is 14.4 Å². The monoisotopic (exact) mass is 660 g/mol. The highest BCUT2D eigenvalue weighted by molar-refractivity contribution is 7.89. The molecule has 0 bridgehead atoms. The molecule has 0 radical (unpaired) electrons. The van der Waals surface area contributed by atoms with Gasteiger partial charge in [0.05, 0.1) is 39.9 Å². The molecule has 13 heteroatoms. The lowest BCUT2D eigenvalue weighted by Crippen LogP contribution is -2.48. The predicted molar refractivity (Wildman–Crippen MR) is 170 cm³/mol. The average molecular weight is 662 g/mol. The van der Waals surface area contributed by atoms with E-state index < -0.39 is 10.0 Å². The molecule has 2 aliphatic rings. The second-order valence-electron chi connectivity index (χ2n) is 10.9. The SMILES string of the molecule is CN(C(=O)CN1C(=O)COc2cc(Cl)c(Cl)cc21)C(CN1CCOCC1)c1cccc(-c2ccc(S(=O)(=O)N(C)C)cc2)c1. The summed E-state index contributed by atoms with van der Waals surface area (Å²) in [6, 6.07) is 17.3. The Balaban J connectivity index is 1.43.